The second-order valence-electron chi connectivity index (χ2n) is 5.42. The molecule has 2 N–H and O–H groups in total. The second kappa shape index (κ2) is 8.17. The van der Waals surface area contributed by atoms with Gasteiger partial charge >= 0.3 is 0 Å². The summed E-state index contributed by atoms with van der Waals surface area (Å²) >= 11 is 6.02. The molecule has 2 atom stereocenters. The van der Waals surface area contributed by atoms with E-state index < -0.39 is 0 Å². The van der Waals surface area contributed by atoms with Gasteiger partial charge in [-0.2, -0.15) is 0 Å². The quantitative estimate of drug-likeness (QED) is 0.710. The molecule has 2 unspecified atom stereocenters. The zero-order valence-corrected chi connectivity index (χ0v) is 14.0. The van der Waals surface area contributed by atoms with E-state index in [1.165, 1.54) is 7.11 Å². The molecule has 23 heavy (non-hydrogen) atoms. The van der Waals surface area contributed by atoms with Crippen molar-refractivity contribution in [3.63, 3.8) is 0 Å². The van der Waals surface area contributed by atoms with Crippen LogP contribution in [0.3, 0.4) is 0 Å². The smallest absolute Gasteiger partial charge is 0.228 e. The van der Waals surface area contributed by atoms with Crippen molar-refractivity contribution in [3.8, 4) is 5.75 Å². The van der Waals surface area contributed by atoms with E-state index >= 15 is 0 Å². The Morgan fingerprint density at radius 3 is 2.65 bits per heavy atom. The summed E-state index contributed by atoms with van der Waals surface area (Å²) in [4.78, 5) is 24.1. The maximum atomic E-state index is 12.1. The molecule has 126 valence electrons. The SMILES string of the molecule is COCCCNC(=O)C1CC1C(=O)Nc1ccc(OC)c(Cl)c1. The Labute approximate surface area is 140 Å². The van der Waals surface area contributed by atoms with E-state index in [1.54, 1.807) is 25.3 Å². The van der Waals surface area contributed by atoms with Crippen molar-refractivity contribution < 1.29 is 19.1 Å². The van der Waals surface area contributed by atoms with Crippen molar-refractivity contribution in [1.29, 1.82) is 0 Å². The summed E-state index contributed by atoms with van der Waals surface area (Å²) < 4.78 is 9.98. The molecule has 0 saturated heterocycles. The lowest BCUT2D eigenvalue weighted by Gasteiger charge is -2.08. The third-order valence-electron chi connectivity index (χ3n) is 3.71. The molecule has 2 amide bonds. The minimum Gasteiger partial charge on any atom is -0.495 e. The van der Waals surface area contributed by atoms with Crippen LogP contribution in [0.5, 0.6) is 5.75 Å². The number of anilines is 1. The van der Waals surface area contributed by atoms with Crippen molar-refractivity contribution >= 4 is 29.1 Å². The minimum absolute atomic E-state index is 0.0750. The van der Waals surface area contributed by atoms with Gasteiger partial charge in [-0.05, 0) is 31.0 Å². The van der Waals surface area contributed by atoms with E-state index in [0.29, 0.717) is 36.0 Å². The van der Waals surface area contributed by atoms with Crippen LogP contribution < -0.4 is 15.4 Å². The summed E-state index contributed by atoms with van der Waals surface area (Å²) in [5.41, 5.74) is 0.590. The lowest BCUT2D eigenvalue weighted by atomic mass is 10.2. The van der Waals surface area contributed by atoms with E-state index in [0.717, 1.165) is 6.42 Å². The van der Waals surface area contributed by atoms with Crippen LogP contribution in [0, 0.1) is 11.8 Å². The minimum atomic E-state index is -0.279. The average molecular weight is 341 g/mol. The summed E-state index contributed by atoms with van der Waals surface area (Å²) in [6, 6.07) is 5.02. The fourth-order valence-electron chi connectivity index (χ4n) is 2.31. The molecule has 0 radical (unpaired) electrons. The molecule has 0 bridgehead atoms. The molecule has 6 nitrogen and oxygen atoms in total. The van der Waals surface area contributed by atoms with Crippen molar-refractivity contribution in [2.75, 3.05) is 32.7 Å². The number of amides is 2. The molecule has 1 saturated carbocycles. The summed E-state index contributed by atoms with van der Waals surface area (Å²) in [6.07, 6.45) is 1.34. The molecule has 1 fully saturated rings. The number of methoxy groups -OCH3 is 2. The maximum absolute atomic E-state index is 12.1. The summed E-state index contributed by atoms with van der Waals surface area (Å²) in [5.74, 6) is -0.216. The molecule has 7 heteroatoms. The van der Waals surface area contributed by atoms with Crippen LogP contribution in [-0.2, 0) is 14.3 Å². The predicted molar refractivity (Wildman–Crippen MR) is 87.7 cm³/mol. The summed E-state index contributed by atoms with van der Waals surface area (Å²) in [5, 5.41) is 6.02. The van der Waals surface area contributed by atoms with Crippen molar-refractivity contribution in [3.05, 3.63) is 23.2 Å². The number of carbonyl (C=O) groups is 2. The largest absolute Gasteiger partial charge is 0.495 e. The van der Waals surface area contributed by atoms with Crippen LogP contribution in [0.25, 0.3) is 0 Å². The monoisotopic (exact) mass is 340 g/mol. The Kier molecular flexibility index (Phi) is 6.24. The Balaban J connectivity index is 1.79. The fourth-order valence-corrected chi connectivity index (χ4v) is 2.57. The summed E-state index contributed by atoms with van der Waals surface area (Å²) in [7, 11) is 3.15. The van der Waals surface area contributed by atoms with Gasteiger partial charge in [0.05, 0.1) is 24.0 Å². The van der Waals surface area contributed by atoms with Crippen LogP contribution in [0.2, 0.25) is 5.02 Å². The van der Waals surface area contributed by atoms with E-state index in [-0.39, 0.29) is 23.7 Å². The Morgan fingerprint density at radius 2 is 2.00 bits per heavy atom. The van der Waals surface area contributed by atoms with Gasteiger partial charge in [-0.15, -0.1) is 0 Å². The van der Waals surface area contributed by atoms with Crippen molar-refractivity contribution in [2.45, 2.75) is 12.8 Å². The first-order chi connectivity index (χ1) is 11.1. The highest BCUT2D eigenvalue weighted by atomic mass is 35.5. The predicted octanol–water partition coefficient (Wildman–Crippen LogP) is 2.08. The molecule has 1 aromatic rings. The number of benzene rings is 1. The number of rotatable bonds is 8. The molecule has 0 aliphatic heterocycles. The average Bonchev–Trinajstić information content (AvgIpc) is 3.32. The molecule has 1 aliphatic rings. The second-order valence-corrected chi connectivity index (χ2v) is 5.83. The van der Waals surface area contributed by atoms with E-state index in [2.05, 4.69) is 10.6 Å². The van der Waals surface area contributed by atoms with Crippen LogP contribution in [0.1, 0.15) is 12.8 Å². The Morgan fingerprint density at radius 1 is 1.26 bits per heavy atom. The number of nitrogens with one attached hydrogen (secondary N) is 2. The topological polar surface area (TPSA) is 76.7 Å². The number of halogens is 1. The van der Waals surface area contributed by atoms with E-state index in [4.69, 9.17) is 21.1 Å². The van der Waals surface area contributed by atoms with Crippen LogP contribution in [0.4, 0.5) is 5.69 Å². The third-order valence-corrected chi connectivity index (χ3v) is 4.00. The highest BCUT2D eigenvalue weighted by molar-refractivity contribution is 6.32. The van der Waals surface area contributed by atoms with Crippen molar-refractivity contribution in [2.24, 2.45) is 11.8 Å². The van der Waals surface area contributed by atoms with Crippen LogP contribution in [-0.4, -0.2) is 39.2 Å². The molecular weight excluding hydrogens is 320 g/mol. The number of hydrogen-bond acceptors (Lipinski definition) is 4. The zero-order valence-electron chi connectivity index (χ0n) is 13.2. The van der Waals surface area contributed by atoms with Gasteiger partial charge < -0.3 is 20.1 Å². The van der Waals surface area contributed by atoms with Gasteiger partial charge in [-0.25, -0.2) is 0 Å². The van der Waals surface area contributed by atoms with E-state index in [1.807, 2.05) is 0 Å². The molecule has 1 aromatic carbocycles. The van der Waals surface area contributed by atoms with Gasteiger partial charge in [-0.1, -0.05) is 11.6 Å². The number of carbonyl (C=O) groups excluding carboxylic acids is 2. The highest BCUT2D eigenvalue weighted by Crippen LogP contribution is 2.39. The van der Waals surface area contributed by atoms with Gasteiger partial charge in [0.1, 0.15) is 5.75 Å². The Hall–Kier alpha value is -1.79. The first-order valence-corrected chi connectivity index (χ1v) is 7.85. The molecule has 0 spiro atoms. The molecule has 2 rings (SSSR count). The van der Waals surface area contributed by atoms with Gasteiger partial charge in [0, 0.05) is 25.9 Å². The van der Waals surface area contributed by atoms with Gasteiger partial charge in [0.2, 0.25) is 11.8 Å². The molecule has 1 aliphatic carbocycles. The van der Waals surface area contributed by atoms with Gasteiger partial charge in [0.15, 0.2) is 0 Å². The van der Waals surface area contributed by atoms with E-state index in [9.17, 15) is 9.59 Å². The first-order valence-electron chi connectivity index (χ1n) is 7.48. The molecule has 0 heterocycles. The van der Waals surface area contributed by atoms with Crippen LogP contribution in [0.15, 0.2) is 18.2 Å². The summed E-state index contributed by atoms with van der Waals surface area (Å²) in [6.45, 7) is 1.17. The van der Waals surface area contributed by atoms with Crippen LogP contribution >= 0.6 is 11.6 Å². The maximum Gasteiger partial charge on any atom is 0.228 e. The number of hydrogen-bond donors (Lipinski definition) is 2. The zero-order chi connectivity index (χ0) is 16.8. The lowest BCUT2D eigenvalue weighted by Crippen LogP contribution is -2.28. The molecular formula is C16H21ClN2O4. The third kappa shape index (κ3) is 4.84. The molecule has 0 aromatic heterocycles. The standard InChI is InChI=1S/C16H21ClN2O4/c1-22-7-3-6-18-15(20)11-9-12(11)16(21)19-10-4-5-14(23-2)13(17)8-10/h4-5,8,11-12H,3,6-7,9H2,1-2H3,(H,18,20)(H,19,21). The Bertz CT molecular complexity index is 579. The van der Waals surface area contributed by atoms with Gasteiger partial charge in [-0.3, -0.25) is 9.59 Å². The first kappa shape index (κ1) is 17.6. The lowest BCUT2D eigenvalue weighted by molar-refractivity contribution is -0.125. The fraction of sp³-hybridized carbons (Fsp3) is 0.500. The normalized spacial score (nSPS) is 19.1. The van der Waals surface area contributed by atoms with Gasteiger partial charge in [0.25, 0.3) is 0 Å². The van der Waals surface area contributed by atoms with Crippen molar-refractivity contribution in [1.82, 2.24) is 5.32 Å². The highest BCUT2D eigenvalue weighted by Gasteiger charge is 2.47. The number of ether oxygens (including phenoxy) is 2.